The molecule has 1 saturated heterocycles. The number of amides is 2. The second-order valence-corrected chi connectivity index (χ2v) is 10.8. The van der Waals surface area contributed by atoms with Gasteiger partial charge in [-0.2, -0.15) is 0 Å². The lowest BCUT2D eigenvalue weighted by Gasteiger charge is -2.26. The monoisotopic (exact) mass is 561 g/mol. The third-order valence-electron chi connectivity index (χ3n) is 8.15. The summed E-state index contributed by atoms with van der Waals surface area (Å²) in [5.74, 6) is 0.774. The fourth-order valence-electron chi connectivity index (χ4n) is 5.79. The number of benzene rings is 2. The fraction of sp³-hybridized carbons (Fsp3) is 0.281. The normalized spacial score (nSPS) is 15.0. The maximum atomic E-state index is 13.1. The zero-order chi connectivity index (χ0) is 28.6. The summed E-state index contributed by atoms with van der Waals surface area (Å²) in [6.07, 6.45) is 6.51. The van der Waals surface area contributed by atoms with E-state index < -0.39 is 0 Å². The van der Waals surface area contributed by atoms with Gasteiger partial charge in [0, 0.05) is 60.1 Å². The molecule has 3 aromatic heterocycles. The number of aromatic nitrogens is 5. The lowest BCUT2D eigenvalue weighted by molar-refractivity contribution is 0.0303. The first-order chi connectivity index (χ1) is 20.5. The van der Waals surface area contributed by atoms with Gasteiger partial charge in [0.1, 0.15) is 23.5 Å². The van der Waals surface area contributed by atoms with Gasteiger partial charge in [-0.15, -0.1) is 0 Å². The Balaban J connectivity index is 1.15. The van der Waals surface area contributed by atoms with E-state index in [0.29, 0.717) is 48.9 Å². The highest BCUT2D eigenvalue weighted by atomic mass is 16.5. The number of aryl methyl sites for hydroxylation is 2. The summed E-state index contributed by atoms with van der Waals surface area (Å²) in [5.41, 5.74) is 6.92. The van der Waals surface area contributed by atoms with E-state index >= 15 is 0 Å². The topological polar surface area (TPSA) is 118 Å². The van der Waals surface area contributed by atoms with Gasteiger partial charge in [-0.25, -0.2) is 15.0 Å². The number of anilines is 1. The van der Waals surface area contributed by atoms with E-state index in [1.54, 1.807) is 6.33 Å². The van der Waals surface area contributed by atoms with Gasteiger partial charge in [-0.05, 0) is 55.2 Å². The van der Waals surface area contributed by atoms with Crippen molar-refractivity contribution >= 4 is 28.5 Å². The van der Waals surface area contributed by atoms with E-state index in [-0.39, 0.29) is 11.8 Å². The van der Waals surface area contributed by atoms with Crippen molar-refractivity contribution in [2.75, 3.05) is 31.6 Å². The first-order valence-corrected chi connectivity index (χ1v) is 14.3. The first-order valence-electron chi connectivity index (χ1n) is 14.3. The zero-order valence-corrected chi connectivity index (χ0v) is 23.4. The standard InChI is InChI=1S/C32H31N7O3/c1-20-23(5-4-6-25(20)37-31(40)27-18-39-12-3-2-7-28(39)35-27)29-24-17-26(36-30(24)34-19-33-29)21-8-10-22(11-9-21)32(41)38-13-15-42-16-14-38/h4-6,8-11,17-19H,2-3,7,12-16H2,1H3,(H,37,40)(H,33,34,36). The van der Waals surface area contributed by atoms with Crippen LogP contribution in [0.3, 0.4) is 0 Å². The van der Waals surface area contributed by atoms with E-state index in [9.17, 15) is 9.59 Å². The Labute approximate surface area is 242 Å². The van der Waals surface area contributed by atoms with Crippen molar-refractivity contribution in [1.82, 2.24) is 29.4 Å². The molecular weight excluding hydrogens is 530 g/mol. The second-order valence-electron chi connectivity index (χ2n) is 10.8. The molecule has 2 aliphatic rings. The highest BCUT2D eigenvalue weighted by Gasteiger charge is 2.21. The van der Waals surface area contributed by atoms with Crippen LogP contribution in [0.2, 0.25) is 0 Å². The minimum Gasteiger partial charge on any atom is -0.378 e. The van der Waals surface area contributed by atoms with Crippen LogP contribution >= 0.6 is 0 Å². The largest absolute Gasteiger partial charge is 0.378 e. The van der Waals surface area contributed by atoms with Gasteiger partial charge in [0.05, 0.1) is 18.9 Å². The number of aromatic amines is 1. The Bertz CT molecular complexity index is 1780. The molecule has 2 aromatic carbocycles. The predicted molar refractivity (Wildman–Crippen MR) is 159 cm³/mol. The molecule has 0 bridgehead atoms. The van der Waals surface area contributed by atoms with Crippen LogP contribution < -0.4 is 5.32 Å². The molecule has 2 aliphatic heterocycles. The lowest BCUT2D eigenvalue weighted by Crippen LogP contribution is -2.40. The number of H-pyrrole nitrogens is 1. The molecular formula is C32H31N7O3. The summed E-state index contributed by atoms with van der Waals surface area (Å²) in [6.45, 7) is 5.25. The summed E-state index contributed by atoms with van der Waals surface area (Å²) in [6, 6.07) is 15.5. The molecule has 0 spiro atoms. The van der Waals surface area contributed by atoms with Crippen LogP contribution in [-0.2, 0) is 17.7 Å². The summed E-state index contributed by atoms with van der Waals surface area (Å²) in [7, 11) is 0. The summed E-state index contributed by atoms with van der Waals surface area (Å²) in [5, 5.41) is 3.93. The molecule has 0 saturated carbocycles. The maximum absolute atomic E-state index is 13.1. The van der Waals surface area contributed by atoms with Crippen molar-refractivity contribution in [3.05, 3.63) is 83.7 Å². The molecule has 0 atom stereocenters. The zero-order valence-electron chi connectivity index (χ0n) is 23.4. The Kier molecular flexibility index (Phi) is 6.75. The average Bonchev–Trinajstić information content (AvgIpc) is 3.67. The molecule has 2 amide bonds. The lowest BCUT2D eigenvalue weighted by atomic mass is 10.0. The Morgan fingerprint density at radius 1 is 1.00 bits per heavy atom. The van der Waals surface area contributed by atoms with E-state index in [4.69, 9.17) is 4.74 Å². The molecule has 212 valence electrons. The molecule has 0 radical (unpaired) electrons. The molecule has 7 rings (SSSR count). The molecule has 10 nitrogen and oxygen atoms in total. The van der Waals surface area contributed by atoms with Crippen LogP contribution in [0, 0.1) is 6.92 Å². The molecule has 0 unspecified atom stereocenters. The molecule has 42 heavy (non-hydrogen) atoms. The Morgan fingerprint density at radius 3 is 2.64 bits per heavy atom. The average molecular weight is 562 g/mol. The van der Waals surface area contributed by atoms with E-state index in [0.717, 1.165) is 65.1 Å². The molecule has 0 aliphatic carbocycles. The molecule has 1 fully saturated rings. The van der Waals surface area contributed by atoms with Crippen LogP contribution in [0.25, 0.3) is 33.5 Å². The van der Waals surface area contributed by atoms with Gasteiger partial charge >= 0.3 is 0 Å². The first kappa shape index (κ1) is 26.1. The molecule has 10 heteroatoms. The van der Waals surface area contributed by atoms with Gasteiger partial charge in [0.2, 0.25) is 0 Å². The number of morpholine rings is 1. The number of hydrogen-bond donors (Lipinski definition) is 2. The van der Waals surface area contributed by atoms with E-state index in [1.165, 1.54) is 0 Å². The molecule has 5 aromatic rings. The van der Waals surface area contributed by atoms with E-state index in [1.807, 2.05) is 66.6 Å². The summed E-state index contributed by atoms with van der Waals surface area (Å²) in [4.78, 5) is 44.9. The van der Waals surface area contributed by atoms with Crippen LogP contribution in [-0.4, -0.2) is 67.5 Å². The smallest absolute Gasteiger partial charge is 0.275 e. The Morgan fingerprint density at radius 2 is 1.83 bits per heavy atom. The predicted octanol–water partition coefficient (Wildman–Crippen LogP) is 4.86. The third-order valence-corrected chi connectivity index (χ3v) is 8.15. The van der Waals surface area contributed by atoms with Crippen molar-refractivity contribution in [2.24, 2.45) is 0 Å². The van der Waals surface area contributed by atoms with Crippen molar-refractivity contribution in [3.8, 4) is 22.5 Å². The van der Waals surface area contributed by atoms with Crippen LogP contribution in [0.15, 0.2) is 61.1 Å². The van der Waals surface area contributed by atoms with Crippen molar-refractivity contribution in [2.45, 2.75) is 32.7 Å². The van der Waals surface area contributed by atoms with Crippen LogP contribution in [0.5, 0.6) is 0 Å². The minimum absolute atomic E-state index is 0.0182. The van der Waals surface area contributed by atoms with Gasteiger partial charge in [0.25, 0.3) is 11.8 Å². The molecule has 2 N–H and O–H groups in total. The second kappa shape index (κ2) is 10.9. The number of nitrogens with zero attached hydrogens (tertiary/aromatic N) is 5. The minimum atomic E-state index is -0.218. The van der Waals surface area contributed by atoms with Gasteiger partial charge in [-0.1, -0.05) is 24.3 Å². The van der Waals surface area contributed by atoms with E-state index in [2.05, 4.69) is 29.8 Å². The highest BCUT2D eigenvalue weighted by molar-refractivity contribution is 6.04. The number of imidazole rings is 1. The number of rotatable bonds is 5. The van der Waals surface area contributed by atoms with Gasteiger partial charge in [-0.3, -0.25) is 9.59 Å². The molecule has 5 heterocycles. The summed E-state index contributed by atoms with van der Waals surface area (Å²) < 4.78 is 7.45. The van der Waals surface area contributed by atoms with Crippen molar-refractivity contribution in [1.29, 1.82) is 0 Å². The highest BCUT2D eigenvalue weighted by Crippen LogP contribution is 2.34. The maximum Gasteiger partial charge on any atom is 0.275 e. The SMILES string of the molecule is Cc1c(NC(=O)c2cn3c(n2)CCCC3)cccc1-c1ncnc2[nH]c(-c3ccc(C(=O)N4CCOCC4)cc3)cc12. The number of hydrogen-bond acceptors (Lipinski definition) is 6. The quantitative estimate of drug-likeness (QED) is 0.317. The Hall–Kier alpha value is -4.83. The van der Waals surface area contributed by atoms with Gasteiger partial charge < -0.3 is 24.5 Å². The fourth-order valence-corrected chi connectivity index (χ4v) is 5.79. The number of fused-ring (bicyclic) bond motifs is 2. The summed E-state index contributed by atoms with van der Waals surface area (Å²) >= 11 is 0. The van der Waals surface area contributed by atoms with Crippen LogP contribution in [0.4, 0.5) is 5.69 Å². The number of carbonyl (C=O) groups is 2. The number of nitrogens with one attached hydrogen (secondary N) is 2. The van der Waals surface area contributed by atoms with Crippen molar-refractivity contribution in [3.63, 3.8) is 0 Å². The van der Waals surface area contributed by atoms with Crippen LogP contribution in [0.1, 0.15) is 45.1 Å². The van der Waals surface area contributed by atoms with Gasteiger partial charge in [0.15, 0.2) is 0 Å². The van der Waals surface area contributed by atoms with Crippen molar-refractivity contribution < 1.29 is 14.3 Å². The number of carbonyl (C=O) groups excluding carboxylic acids is 2. The third kappa shape index (κ3) is 4.83. The number of ether oxygens (including phenoxy) is 1.